The summed E-state index contributed by atoms with van der Waals surface area (Å²) in [5.74, 6) is -1.66. The molecule has 0 aromatic heterocycles. The van der Waals surface area contributed by atoms with Crippen LogP contribution in [0.15, 0.2) is 18.2 Å². The molecule has 0 aliphatic heterocycles. The largest absolute Gasteiger partial charge is 0.508 e. The molecule has 6 heteroatoms. The molecule has 2 rings (SSSR count). The lowest BCUT2D eigenvalue weighted by atomic mass is 9.92. The van der Waals surface area contributed by atoms with Crippen molar-refractivity contribution in [2.45, 2.75) is 40.0 Å². The molecule has 2 aromatic carbocycles. The molecule has 1 amide bonds. The van der Waals surface area contributed by atoms with Gasteiger partial charge in [0.05, 0.1) is 0 Å². The number of phenolic OH excluding ortho intramolecular Hbond substituents is 1. The zero-order chi connectivity index (χ0) is 20.3. The molecule has 0 unspecified atom stereocenters. The molecule has 0 bridgehead atoms. The van der Waals surface area contributed by atoms with Crippen molar-refractivity contribution in [2.75, 3.05) is 13.7 Å². The first kappa shape index (κ1) is 20.7. The predicted molar refractivity (Wildman–Crippen MR) is 100 cm³/mol. The van der Waals surface area contributed by atoms with Crippen LogP contribution in [-0.4, -0.2) is 24.7 Å². The molecule has 0 aliphatic rings. The molecule has 0 heterocycles. The molecular formula is C21H25F2NO3. The molecular weight excluding hydrogens is 352 g/mol. The van der Waals surface area contributed by atoms with E-state index in [-0.39, 0.29) is 41.9 Å². The fourth-order valence-corrected chi connectivity index (χ4v) is 3.06. The van der Waals surface area contributed by atoms with Gasteiger partial charge < -0.3 is 15.2 Å². The lowest BCUT2D eigenvalue weighted by Gasteiger charge is -2.17. The maximum absolute atomic E-state index is 14.8. The molecule has 146 valence electrons. The van der Waals surface area contributed by atoms with Gasteiger partial charge in [-0.25, -0.2) is 8.78 Å². The van der Waals surface area contributed by atoms with E-state index in [9.17, 15) is 18.7 Å². The van der Waals surface area contributed by atoms with Gasteiger partial charge in [-0.15, -0.1) is 0 Å². The third-order valence-corrected chi connectivity index (χ3v) is 4.64. The zero-order valence-electron chi connectivity index (χ0n) is 16.2. The van der Waals surface area contributed by atoms with Crippen molar-refractivity contribution in [2.24, 2.45) is 0 Å². The number of hydrogen-bond acceptors (Lipinski definition) is 3. The van der Waals surface area contributed by atoms with Crippen molar-refractivity contribution in [1.82, 2.24) is 5.32 Å². The van der Waals surface area contributed by atoms with Crippen LogP contribution >= 0.6 is 0 Å². The Bertz CT molecular complexity index is 863. The molecule has 0 saturated heterocycles. The van der Waals surface area contributed by atoms with Crippen LogP contribution in [0.5, 0.6) is 11.5 Å². The van der Waals surface area contributed by atoms with Gasteiger partial charge in [0.25, 0.3) is 5.91 Å². The van der Waals surface area contributed by atoms with Gasteiger partial charge in [0.1, 0.15) is 11.6 Å². The SMILES string of the molecule is CNC(=O)COc1cc(C)c(Cc2ccc(O)c(C(C)C)c2F)c(C)c1F. The van der Waals surface area contributed by atoms with Crippen LogP contribution in [0.2, 0.25) is 0 Å². The summed E-state index contributed by atoms with van der Waals surface area (Å²) in [5, 5.41) is 12.3. The molecule has 27 heavy (non-hydrogen) atoms. The number of carbonyl (C=O) groups excluding carboxylic acids is 1. The quantitative estimate of drug-likeness (QED) is 0.796. The van der Waals surface area contributed by atoms with E-state index in [1.54, 1.807) is 27.7 Å². The number of rotatable bonds is 6. The summed E-state index contributed by atoms with van der Waals surface area (Å²) < 4.78 is 34.8. The highest BCUT2D eigenvalue weighted by molar-refractivity contribution is 5.77. The van der Waals surface area contributed by atoms with E-state index in [0.29, 0.717) is 16.7 Å². The van der Waals surface area contributed by atoms with Gasteiger partial charge in [-0.3, -0.25) is 4.79 Å². The Morgan fingerprint density at radius 1 is 1.22 bits per heavy atom. The van der Waals surface area contributed by atoms with Crippen LogP contribution in [0.4, 0.5) is 8.78 Å². The molecule has 2 aromatic rings. The third kappa shape index (κ3) is 4.38. The number of phenols is 1. The summed E-state index contributed by atoms with van der Waals surface area (Å²) >= 11 is 0. The Morgan fingerprint density at radius 2 is 1.89 bits per heavy atom. The highest BCUT2D eigenvalue weighted by Gasteiger charge is 2.20. The molecule has 2 N–H and O–H groups in total. The predicted octanol–water partition coefficient (Wildman–Crippen LogP) is 4.13. The Labute approximate surface area is 158 Å². The van der Waals surface area contributed by atoms with Crippen LogP contribution < -0.4 is 10.1 Å². The van der Waals surface area contributed by atoms with Crippen molar-refractivity contribution in [3.8, 4) is 11.5 Å². The highest BCUT2D eigenvalue weighted by atomic mass is 19.1. The number of ether oxygens (including phenoxy) is 1. The molecule has 4 nitrogen and oxygen atoms in total. The number of likely N-dealkylation sites (N-methyl/N-ethyl adjacent to an activating group) is 1. The van der Waals surface area contributed by atoms with E-state index in [2.05, 4.69) is 5.32 Å². The second-order valence-corrected chi connectivity index (χ2v) is 6.87. The van der Waals surface area contributed by atoms with Gasteiger partial charge in [0.15, 0.2) is 18.2 Å². The number of aryl methyl sites for hydroxylation is 1. The van der Waals surface area contributed by atoms with Gasteiger partial charge in [-0.2, -0.15) is 0 Å². The van der Waals surface area contributed by atoms with Crippen molar-refractivity contribution in [3.05, 3.63) is 57.7 Å². The third-order valence-electron chi connectivity index (χ3n) is 4.64. The summed E-state index contributed by atoms with van der Waals surface area (Å²) in [6.45, 7) is 6.71. The Morgan fingerprint density at radius 3 is 2.48 bits per heavy atom. The number of aromatic hydroxyl groups is 1. The lowest BCUT2D eigenvalue weighted by Crippen LogP contribution is -2.25. The van der Waals surface area contributed by atoms with Gasteiger partial charge in [-0.1, -0.05) is 19.9 Å². The van der Waals surface area contributed by atoms with Gasteiger partial charge >= 0.3 is 0 Å². The summed E-state index contributed by atoms with van der Waals surface area (Å²) in [5.41, 5.74) is 2.38. The van der Waals surface area contributed by atoms with E-state index < -0.39 is 11.6 Å². The summed E-state index contributed by atoms with van der Waals surface area (Å²) in [7, 11) is 1.47. The van der Waals surface area contributed by atoms with Crippen molar-refractivity contribution in [1.29, 1.82) is 0 Å². The smallest absolute Gasteiger partial charge is 0.257 e. The number of halogens is 2. The maximum Gasteiger partial charge on any atom is 0.257 e. The summed E-state index contributed by atoms with van der Waals surface area (Å²) in [6, 6.07) is 4.50. The minimum Gasteiger partial charge on any atom is -0.508 e. The average molecular weight is 377 g/mol. The van der Waals surface area contributed by atoms with Crippen molar-refractivity contribution >= 4 is 5.91 Å². The van der Waals surface area contributed by atoms with E-state index in [1.807, 2.05) is 0 Å². The topological polar surface area (TPSA) is 58.6 Å². The molecule has 0 aliphatic carbocycles. The van der Waals surface area contributed by atoms with E-state index in [0.717, 1.165) is 5.56 Å². The van der Waals surface area contributed by atoms with Crippen LogP contribution in [0.3, 0.4) is 0 Å². The Balaban J connectivity index is 2.39. The number of nitrogens with one attached hydrogen (secondary N) is 1. The average Bonchev–Trinajstić information content (AvgIpc) is 2.61. The number of amides is 1. The fourth-order valence-electron chi connectivity index (χ4n) is 3.06. The molecule has 0 atom stereocenters. The second-order valence-electron chi connectivity index (χ2n) is 6.87. The first-order valence-electron chi connectivity index (χ1n) is 8.79. The van der Waals surface area contributed by atoms with Crippen LogP contribution in [0.1, 0.15) is 47.6 Å². The Hall–Kier alpha value is -2.63. The molecule has 0 spiro atoms. The van der Waals surface area contributed by atoms with Crippen molar-refractivity contribution in [3.63, 3.8) is 0 Å². The molecule has 0 fully saturated rings. The second kappa shape index (κ2) is 8.37. The summed E-state index contributed by atoms with van der Waals surface area (Å²) in [6.07, 6.45) is 0.191. The van der Waals surface area contributed by atoms with Crippen LogP contribution in [0, 0.1) is 25.5 Å². The van der Waals surface area contributed by atoms with E-state index in [1.165, 1.54) is 25.2 Å². The first-order valence-corrected chi connectivity index (χ1v) is 8.79. The fraction of sp³-hybridized carbons (Fsp3) is 0.381. The minimum atomic E-state index is -0.567. The van der Waals surface area contributed by atoms with Crippen molar-refractivity contribution < 1.29 is 23.4 Å². The standard InChI is InChI=1S/C21H25F2NO3/c1-11(2)19-16(25)7-6-14(21(19)23)9-15-12(3)8-17(20(22)13(15)4)27-10-18(26)24-5/h6-8,11,25H,9-10H2,1-5H3,(H,24,26). The Kier molecular flexibility index (Phi) is 6.41. The van der Waals surface area contributed by atoms with E-state index >= 15 is 0 Å². The molecule has 0 radical (unpaired) electrons. The minimum absolute atomic E-state index is 0.00797. The van der Waals surface area contributed by atoms with Gasteiger partial charge in [-0.05, 0) is 54.2 Å². The first-order chi connectivity index (χ1) is 12.7. The maximum atomic E-state index is 14.8. The molecule has 0 saturated carbocycles. The number of carbonyl (C=O) groups is 1. The summed E-state index contributed by atoms with van der Waals surface area (Å²) in [4.78, 5) is 11.3. The normalized spacial score (nSPS) is 11.0. The number of hydrogen-bond donors (Lipinski definition) is 2. The van der Waals surface area contributed by atoms with Crippen LogP contribution in [-0.2, 0) is 11.2 Å². The lowest BCUT2D eigenvalue weighted by molar-refractivity contribution is -0.122. The monoisotopic (exact) mass is 377 g/mol. The van der Waals surface area contributed by atoms with Crippen LogP contribution in [0.25, 0.3) is 0 Å². The zero-order valence-corrected chi connectivity index (χ0v) is 16.2. The highest BCUT2D eigenvalue weighted by Crippen LogP contribution is 2.33. The van der Waals surface area contributed by atoms with Gasteiger partial charge in [0.2, 0.25) is 0 Å². The van der Waals surface area contributed by atoms with Gasteiger partial charge in [0, 0.05) is 19.0 Å². The number of benzene rings is 2. The van der Waals surface area contributed by atoms with E-state index in [4.69, 9.17) is 4.74 Å².